The van der Waals surface area contributed by atoms with Gasteiger partial charge in [-0.25, -0.2) is 14.6 Å². The minimum absolute atomic E-state index is 0.118. The zero-order chi connectivity index (χ0) is 27.8. The third-order valence-electron chi connectivity index (χ3n) is 4.73. The number of unbranched alkanes of at least 4 members (excludes halogenated alkanes) is 3. The van der Waals surface area contributed by atoms with E-state index in [0.29, 0.717) is 11.4 Å². The molecule has 2 aromatic rings. The van der Waals surface area contributed by atoms with Crippen molar-refractivity contribution in [1.82, 2.24) is 19.5 Å². The number of fused-ring (bicyclic) bond motifs is 1. The number of imide groups is 1. The van der Waals surface area contributed by atoms with Gasteiger partial charge in [-0.1, -0.05) is 26.2 Å². The van der Waals surface area contributed by atoms with Crippen molar-refractivity contribution < 1.29 is 28.6 Å². The monoisotopic (exact) mass is 520 g/mol. The lowest BCUT2D eigenvalue weighted by Crippen LogP contribution is -2.44. The number of hydrogen-bond acceptors (Lipinski definition) is 10. The zero-order valence-corrected chi connectivity index (χ0v) is 23.2. The van der Waals surface area contributed by atoms with Crippen molar-refractivity contribution in [3.63, 3.8) is 0 Å². The molecule has 0 saturated carbocycles. The SMILES string of the molecule is CCCCCCNc1nc(N(C(=O)OC(C)(C)C)C(=O)OC(C)(C)C)c2ncn(CC(=O)OCC)c2n1. The second-order valence-electron chi connectivity index (χ2n) is 10.5. The maximum absolute atomic E-state index is 13.3. The highest BCUT2D eigenvalue weighted by atomic mass is 16.6. The van der Waals surface area contributed by atoms with Crippen molar-refractivity contribution in [3.05, 3.63) is 6.33 Å². The largest absolute Gasteiger partial charge is 0.465 e. The van der Waals surface area contributed by atoms with E-state index in [1.165, 1.54) is 10.9 Å². The van der Waals surface area contributed by atoms with Gasteiger partial charge in [0.15, 0.2) is 17.0 Å². The summed E-state index contributed by atoms with van der Waals surface area (Å²) in [6.07, 6.45) is 3.54. The molecule has 0 aliphatic carbocycles. The summed E-state index contributed by atoms with van der Waals surface area (Å²) in [7, 11) is 0. The molecule has 12 heteroatoms. The lowest BCUT2D eigenvalue weighted by Gasteiger charge is -2.28. The van der Waals surface area contributed by atoms with E-state index in [-0.39, 0.29) is 36.1 Å². The molecule has 0 atom stereocenters. The number of nitrogens with zero attached hydrogens (tertiary/aromatic N) is 5. The molecule has 2 amide bonds. The average molecular weight is 521 g/mol. The van der Waals surface area contributed by atoms with Crippen molar-refractivity contribution in [2.75, 3.05) is 23.4 Å². The van der Waals surface area contributed by atoms with Gasteiger partial charge in [0.2, 0.25) is 5.95 Å². The normalized spacial score (nSPS) is 11.8. The molecule has 0 radical (unpaired) electrons. The van der Waals surface area contributed by atoms with Gasteiger partial charge >= 0.3 is 18.2 Å². The van der Waals surface area contributed by atoms with E-state index in [1.54, 1.807) is 48.5 Å². The van der Waals surface area contributed by atoms with Crippen LogP contribution in [-0.2, 0) is 25.5 Å². The third kappa shape index (κ3) is 9.18. The van der Waals surface area contributed by atoms with E-state index in [0.717, 1.165) is 25.7 Å². The highest BCUT2D eigenvalue weighted by Crippen LogP contribution is 2.28. The molecule has 2 heterocycles. The van der Waals surface area contributed by atoms with Gasteiger partial charge in [0.25, 0.3) is 0 Å². The Morgan fingerprint density at radius 1 is 0.946 bits per heavy atom. The van der Waals surface area contributed by atoms with Crippen molar-refractivity contribution in [1.29, 1.82) is 0 Å². The van der Waals surface area contributed by atoms with Crippen LogP contribution in [0, 0.1) is 0 Å². The molecule has 2 aromatic heterocycles. The van der Waals surface area contributed by atoms with Crippen molar-refractivity contribution >= 4 is 41.1 Å². The number of nitrogens with one attached hydrogen (secondary N) is 1. The molecule has 0 unspecified atom stereocenters. The summed E-state index contributed by atoms with van der Waals surface area (Å²) in [5.74, 6) is -0.430. The van der Waals surface area contributed by atoms with E-state index >= 15 is 0 Å². The Balaban J connectivity index is 2.61. The number of amides is 2. The summed E-state index contributed by atoms with van der Waals surface area (Å²) in [4.78, 5) is 52.7. The number of hydrogen-bond donors (Lipinski definition) is 1. The quantitative estimate of drug-likeness (QED) is 0.257. The first kappa shape index (κ1) is 29.8. The summed E-state index contributed by atoms with van der Waals surface area (Å²) in [6.45, 7) is 14.6. The second kappa shape index (κ2) is 12.7. The van der Waals surface area contributed by atoms with Crippen LogP contribution in [0.3, 0.4) is 0 Å². The van der Waals surface area contributed by atoms with Gasteiger partial charge in [0.05, 0.1) is 12.9 Å². The van der Waals surface area contributed by atoms with Gasteiger partial charge in [-0.15, -0.1) is 0 Å². The van der Waals surface area contributed by atoms with E-state index in [9.17, 15) is 14.4 Å². The van der Waals surface area contributed by atoms with E-state index in [4.69, 9.17) is 14.2 Å². The molecular weight excluding hydrogens is 480 g/mol. The highest BCUT2D eigenvalue weighted by molar-refractivity contribution is 6.12. The Morgan fingerprint density at radius 3 is 2.11 bits per heavy atom. The molecule has 0 fully saturated rings. The van der Waals surface area contributed by atoms with Gasteiger partial charge in [-0.2, -0.15) is 14.9 Å². The maximum atomic E-state index is 13.3. The topological polar surface area (TPSA) is 138 Å². The Labute approximate surface area is 218 Å². The maximum Gasteiger partial charge on any atom is 0.425 e. The van der Waals surface area contributed by atoms with Gasteiger partial charge in [-0.05, 0) is 54.9 Å². The van der Waals surface area contributed by atoms with Crippen LogP contribution >= 0.6 is 0 Å². The van der Waals surface area contributed by atoms with Gasteiger partial charge < -0.3 is 24.1 Å². The number of ether oxygens (including phenoxy) is 3. The molecule has 12 nitrogen and oxygen atoms in total. The van der Waals surface area contributed by atoms with Crippen molar-refractivity contribution in [2.24, 2.45) is 0 Å². The molecular formula is C25H40N6O6. The summed E-state index contributed by atoms with van der Waals surface area (Å²) < 4.78 is 17.5. The fraction of sp³-hybridized carbons (Fsp3) is 0.680. The van der Waals surface area contributed by atoms with Crippen LogP contribution in [0.1, 0.15) is 81.1 Å². The highest BCUT2D eigenvalue weighted by Gasteiger charge is 2.36. The van der Waals surface area contributed by atoms with Crippen LogP contribution in [0.25, 0.3) is 11.2 Å². The second-order valence-corrected chi connectivity index (χ2v) is 10.5. The Hall–Kier alpha value is -3.44. The predicted octanol–water partition coefficient (Wildman–Crippen LogP) is 5.06. The standard InChI is InChI=1S/C25H40N6O6/c1-9-11-12-13-14-26-21-28-19-18(27-16-30(19)15-17(32)35-10-2)20(29-21)31(22(33)36-24(3,4)5)23(34)37-25(6,7)8/h16H,9-15H2,1-8H3,(H,26,28,29). The molecule has 206 valence electrons. The molecule has 1 N–H and O–H groups in total. The number of rotatable bonds is 10. The van der Waals surface area contributed by atoms with Crippen molar-refractivity contribution in [3.8, 4) is 0 Å². The molecule has 0 aliphatic rings. The number of carbonyl (C=O) groups excluding carboxylic acids is 3. The smallest absolute Gasteiger partial charge is 0.425 e. The van der Waals surface area contributed by atoms with Crippen LogP contribution in [0.5, 0.6) is 0 Å². The van der Waals surface area contributed by atoms with E-state index in [1.807, 2.05) is 0 Å². The number of anilines is 2. The third-order valence-corrected chi connectivity index (χ3v) is 4.73. The van der Waals surface area contributed by atoms with Crippen LogP contribution < -0.4 is 10.2 Å². The number of imidazole rings is 1. The van der Waals surface area contributed by atoms with E-state index in [2.05, 4.69) is 27.2 Å². The summed E-state index contributed by atoms with van der Waals surface area (Å²) in [5, 5.41) is 3.15. The average Bonchev–Trinajstić information content (AvgIpc) is 3.14. The summed E-state index contributed by atoms with van der Waals surface area (Å²) in [6, 6.07) is 0. The lowest BCUT2D eigenvalue weighted by atomic mass is 10.2. The Morgan fingerprint density at radius 2 is 1.57 bits per heavy atom. The van der Waals surface area contributed by atoms with Crippen LogP contribution in [-0.4, -0.2) is 62.0 Å². The van der Waals surface area contributed by atoms with Gasteiger partial charge in [-0.3, -0.25) is 4.79 Å². The van der Waals surface area contributed by atoms with Crippen LogP contribution in [0.2, 0.25) is 0 Å². The molecule has 0 aromatic carbocycles. The minimum atomic E-state index is -0.976. The van der Waals surface area contributed by atoms with Crippen molar-refractivity contribution in [2.45, 2.75) is 98.8 Å². The number of esters is 1. The molecule has 37 heavy (non-hydrogen) atoms. The molecule has 0 aliphatic heterocycles. The fourth-order valence-corrected chi connectivity index (χ4v) is 3.24. The number of aromatic nitrogens is 4. The van der Waals surface area contributed by atoms with E-state index < -0.39 is 29.4 Å². The first-order valence-corrected chi connectivity index (χ1v) is 12.6. The van der Waals surface area contributed by atoms with Gasteiger partial charge in [0, 0.05) is 6.54 Å². The Bertz CT molecular complexity index is 1060. The fourth-order valence-electron chi connectivity index (χ4n) is 3.24. The van der Waals surface area contributed by atoms with Gasteiger partial charge in [0.1, 0.15) is 17.7 Å². The number of carbonyl (C=O) groups is 3. The first-order valence-electron chi connectivity index (χ1n) is 12.6. The zero-order valence-electron chi connectivity index (χ0n) is 23.2. The van der Waals surface area contributed by atoms with Crippen LogP contribution in [0.4, 0.5) is 21.4 Å². The van der Waals surface area contributed by atoms with Crippen LogP contribution in [0.15, 0.2) is 6.33 Å². The molecule has 0 bridgehead atoms. The first-order chi connectivity index (χ1) is 17.3. The Kier molecular flexibility index (Phi) is 10.2. The summed E-state index contributed by atoms with van der Waals surface area (Å²) >= 11 is 0. The molecule has 0 spiro atoms. The molecule has 2 rings (SSSR count). The predicted molar refractivity (Wildman–Crippen MR) is 140 cm³/mol. The lowest BCUT2D eigenvalue weighted by molar-refractivity contribution is -0.143. The molecule has 0 saturated heterocycles. The summed E-state index contributed by atoms with van der Waals surface area (Å²) in [5.41, 5.74) is -1.43. The minimum Gasteiger partial charge on any atom is -0.465 e.